The number of rotatable bonds is 5. The monoisotopic (exact) mass is 359 g/mol. The average Bonchev–Trinajstić information content (AvgIpc) is 2.52. The number of morpholine rings is 1. The van der Waals surface area contributed by atoms with Crippen molar-refractivity contribution in [3.63, 3.8) is 0 Å². The van der Waals surface area contributed by atoms with Gasteiger partial charge in [0.05, 0.1) is 19.0 Å². The van der Waals surface area contributed by atoms with Gasteiger partial charge in [0.25, 0.3) is 0 Å². The Morgan fingerprint density at radius 1 is 1.48 bits per heavy atom. The zero-order chi connectivity index (χ0) is 16.9. The van der Waals surface area contributed by atoms with Gasteiger partial charge in [0, 0.05) is 30.2 Å². The minimum absolute atomic E-state index is 0.250. The third kappa shape index (κ3) is 5.69. The molecule has 1 aromatic carbocycles. The van der Waals surface area contributed by atoms with E-state index in [0.29, 0.717) is 18.8 Å². The molecule has 0 unspecified atom stereocenters. The molecule has 1 fully saturated rings. The Kier molecular flexibility index (Phi) is 6.28. The summed E-state index contributed by atoms with van der Waals surface area (Å²) in [5, 5.41) is 5.45. The minimum atomic E-state index is -3.23. The van der Waals surface area contributed by atoms with Crippen LogP contribution in [-0.2, 0) is 14.8 Å². The summed E-state index contributed by atoms with van der Waals surface area (Å²) in [4.78, 5) is 13.0. The van der Waals surface area contributed by atoms with Gasteiger partial charge in [0.1, 0.15) is 0 Å². The maximum absolute atomic E-state index is 11.9. The van der Waals surface area contributed by atoms with Gasteiger partial charge in [-0.05, 0) is 24.5 Å². The number of thioether (sulfide) groups is 1. The van der Waals surface area contributed by atoms with Gasteiger partial charge in [-0.1, -0.05) is 6.07 Å². The topological polar surface area (TPSA) is 87.7 Å². The molecule has 0 radical (unpaired) electrons. The van der Waals surface area contributed by atoms with Crippen LogP contribution in [-0.4, -0.2) is 63.6 Å². The summed E-state index contributed by atoms with van der Waals surface area (Å²) in [6, 6.07) is 7.18. The highest BCUT2D eigenvalue weighted by Crippen LogP contribution is 2.18. The number of nitrogens with zero attached hydrogens (tertiary/aromatic N) is 1. The first-order valence-electron chi connectivity index (χ1n) is 7.14. The van der Waals surface area contributed by atoms with Gasteiger partial charge in [0.15, 0.2) is 0 Å². The van der Waals surface area contributed by atoms with Gasteiger partial charge >= 0.3 is 6.03 Å². The molecule has 0 spiro atoms. The molecular formula is C14H21N3O4S2. The Bertz CT molecular complexity index is 651. The highest BCUT2D eigenvalue weighted by Gasteiger charge is 2.26. The van der Waals surface area contributed by atoms with E-state index in [2.05, 4.69) is 10.6 Å². The highest BCUT2D eigenvalue weighted by atomic mass is 32.2. The number of carbonyl (C=O) groups excluding carboxylic acids is 1. The van der Waals surface area contributed by atoms with Crippen LogP contribution in [0.15, 0.2) is 29.2 Å². The third-order valence-corrected chi connectivity index (χ3v) is 5.38. The van der Waals surface area contributed by atoms with Crippen molar-refractivity contribution in [2.24, 2.45) is 0 Å². The second-order valence-corrected chi connectivity index (χ2v) is 8.04. The van der Waals surface area contributed by atoms with Crippen LogP contribution in [0, 0.1) is 0 Å². The zero-order valence-corrected chi connectivity index (χ0v) is 14.7. The molecule has 1 aliphatic heterocycles. The normalized spacial score (nSPS) is 19.3. The number of anilines is 1. The molecule has 128 valence electrons. The lowest BCUT2D eigenvalue weighted by Gasteiger charge is -2.31. The molecule has 2 rings (SSSR count). The Balaban J connectivity index is 1.82. The molecule has 9 heteroatoms. The maximum atomic E-state index is 11.9. The van der Waals surface area contributed by atoms with Gasteiger partial charge in [-0.2, -0.15) is 4.31 Å². The Labute approximate surface area is 140 Å². The van der Waals surface area contributed by atoms with Gasteiger partial charge in [-0.3, -0.25) is 0 Å². The lowest BCUT2D eigenvalue weighted by molar-refractivity contribution is 0.00167. The molecule has 1 aliphatic rings. The predicted molar refractivity (Wildman–Crippen MR) is 91.4 cm³/mol. The first-order valence-corrected chi connectivity index (χ1v) is 10.2. The molecular weight excluding hydrogens is 338 g/mol. The van der Waals surface area contributed by atoms with Gasteiger partial charge in [0.2, 0.25) is 10.0 Å². The van der Waals surface area contributed by atoms with Crippen LogP contribution in [0.2, 0.25) is 0 Å². The van der Waals surface area contributed by atoms with Crippen molar-refractivity contribution in [1.82, 2.24) is 9.62 Å². The lowest BCUT2D eigenvalue weighted by atomic mass is 10.3. The summed E-state index contributed by atoms with van der Waals surface area (Å²) in [7, 11) is -3.23. The van der Waals surface area contributed by atoms with Crippen LogP contribution >= 0.6 is 11.8 Å². The predicted octanol–water partition coefficient (Wildman–Crippen LogP) is 1.19. The molecule has 0 bridgehead atoms. The van der Waals surface area contributed by atoms with Crippen molar-refractivity contribution in [3.8, 4) is 0 Å². The van der Waals surface area contributed by atoms with E-state index in [-0.39, 0.29) is 25.2 Å². The molecule has 7 nitrogen and oxygen atoms in total. The van der Waals surface area contributed by atoms with Crippen LogP contribution in [0.5, 0.6) is 0 Å². The van der Waals surface area contributed by atoms with E-state index >= 15 is 0 Å². The molecule has 0 saturated carbocycles. The average molecular weight is 359 g/mol. The van der Waals surface area contributed by atoms with Gasteiger partial charge in [-0.15, -0.1) is 11.8 Å². The van der Waals surface area contributed by atoms with Crippen LogP contribution in [0.3, 0.4) is 0 Å². The smallest absolute Gasteiger partial charge is 0.319 e. The third-order valence-electron chi connectivity index (χ3n) is 3.39. The number of hydrogen-bond donors (Lipinski definition) is 2. The Morgan fingerprint density at radius 2 is 2.26 bits per heavy atom. The van der Waals surface area contributed by atoms with Crippen molar-refractivity contribution < 1.29 is 17.9 Å². The van der Waals surface area contributed by atoms with Crippen molar-refractivity contribution in [2.75, 3.05) is 44.1 Å². The van der Waals surface area contributed by atoms with E-state index in [4.69, 9.17) is 4.74 Å². The largest absolute Gasteiger partial charge is 0.374 e. The number of urea groups is 1. The van der Waals surface area contributed by atoms with E-state index in [0.717, 1.165) is 4.90 Å². The number of amides is 2. The second-order valence-electron chi connectivity index (χ2n) is 5.18. The first-order chi connectivity index (χ1) is 10.9. The fourth-order valence-electron chi connectivity index (χ4n) is 2.20. The van der Waals surface area contributed by atoms with Crippen molar-refractivity contribution >= 4 is 33.5 Å². The van der Waals surface area contributed by atoms with E-state index < -0.39 is 10.0 Å². The van der Waals surface area contributed by atoms with Gasteiger partial charge < -0.3 is 15.4 Å². The van der Waals surface area contributed by atoms with Gasteiger partial charge in [-0.25, -0.2) is 13.2 Å². The quantitative estimate of drug-likeness (QED) is 0.771. The Morgan fingerprint density at radius 3 is 2.96 bits per heavy atom. The molecule has 23 heavy (non-hydrogen) atoms. The first kappa shape index (κ1) is 18.1. The van der Waals surface area contributed by atoms with Crippen molar-refractivity contribution in [1.29, 1.82) is 0 Å². The number of ether oxygens (including phenoxy) is 1. The summed E-state index contributed by atoms with van der Waals surface area (Å²) in [5.41, 5.74) is 0.705. The van der Waals surface area contributed by atoms with Crippen LogP contribution in [0.1, 0.15) is 0 Å². The summed E-state index contributed by atoms with van der Waals surface area (Å²) in [6.07, 6.45) is 2.79. The summed E-state index contributed by atoms with van der Waals surface area (Å²) >= 11 is 1.59. The maximum Gasteiger partial charge on any atom is 0.319 e. The van der Waals surface area contributed by atoms with Crippen LogP contribution < -0.4 is 10.6 Å². The summed E-state index contributed by atoms with van der Waals surface area (Å²) < 4.78 is 29.9. The number of sulfonamides is 1. The standard InChI is InChI=1S/C14H21N3O4S2/c1-22-13-5-3-4-11(8-13)16-14(18)15-9-12-10-17(6-7-21-12)23(2,19)20/h3-5,8,12H,6-7,9-10H2,1-2H3,(H2,15,16,18)/t12-/m1/s1. The number of hydrogen-bond acceptors (Lipinski definition) is 5. The van der Waals surface area contributed by atoms with Crippen molar-refractivity contribution in [2.45, 2.75) is 11.0 Å². The zero-order valence-electron chi connectivity index (χ0n) is 13.1. The lowest BCUT2D eigenvalue weighted by Crippen LogP contribution is -2.49. The van der Waals surface area contributed by atoms with Crippen LogP contribution in [0.4, 0.5) is 10.5 Å². The molecule has 2 N–H and O–H groups in total. The minimum Gasteiger partial charge on any atom is -0.374 e. The second kappa shape index (κ2) is 8.00. The van der Waals surface area contributed by atoms with Crippen molar-refractivity contribution in [3.05, 3.63) is 24.3 Å². The molecule has 0 aromatic heterocycles. The highest BCUT2D eigenvalue weighted by molar-refractivity contribution is 7.98. The number of nitrogens with one attached hydrogen (secondary N) is 2. The molecule has 1 atom stereocenters. The summed E-state index contributed by atoms with van der Waals surface area (Å²) in [5.74, 6) is 0. The molecule has 0 aliphatic carbocycles. The number of carbonyl (C=O) groups is 1. The van der Waals surface area contributed by atoms with E-state index in [9.17, 15) is 13.2 Å². The molecule has 2 amide bonds. The fraction of sp³-hybridized carbons (Fsp3) is 0.500. The molecule has 1 heterocycles. The molecule has 1 aromatic rings. The van der Waals surface area contributed by atoms with E-state index in [1.165, 1.54) is 10.6 Å². The van der Waals surface area contributed by atoms with E-state index in [1.807, 2.05) is 30.5 Å². The Hall–Kier alpha value is -1.29. The summed E-state index contributed by atoms with van der Waals surface area (Å²) in [6.45, 7) is 1.18. The number of benzene rings is 1. The molecule has 1 saturated heterocycles. The fourth-order valence-corrected chi connectivity index (χ4v) is 3.50. The van der Waals surface area contributed by atoms with Crippen LogP contribution in [0.25, 0.3) is 0 Å². The van der Waals surface area contributed by atoms with E-state index in [1.54, 1.807) is 11.8 Å². The SMILES string of the molecule is CSc1cccc(NC(=O)NC[C@@H]2CN(S(C)(=O)=O)CCO2)c1.